The molecule has 0 spiro atoms. The number of halogens is 1. The van der Waals surface area contributed by atoms with Gasteiger partial charge in [0.05, 0.1) is 12.2 Å². The summed E-state index contributed by atoms with van der Waals surface area (Å²) in [6.07, 6.45) is 3.35. The summed E-state index contributed by atoms with van der Waals surface area (Å²) in [5.41, 5.74) is 1.52. The molecule has 2 aromatic rings. The van der Waals surface area contributed by atoms with Crippen molar-refractivity contribution in [2.45, 2.75) is 6.54 Å². The van der Waals surface area contributed by atoms with Crippen LogP contribution in [0.15, 0.2) is 30.6 Å². The van der Waals surface area contributed by atoms with Crippen LogP contribution in [-0.4, -0.2) is 40.3 Å². The summed E-state index contributed by atoms with van der Waals surface area (Å²) in [4.78, 5) is 5.61. The van der Waals surface area contributed by atoms with Crippen LogP contribution in [0.3, 0.4) is 0 Å². The van der Waals surface area contributed by atoms with Crippen molar-refractivity contribution in [1.29, 1.82) is 0 Å². The largest absolute Gasteiger partial charge is 0.308 e. The minimum atomic E-state index is -0.481. The van der Waals surface area contributed by atoms with Crippen LogP contribution < -0.4 is 0 Å². The number of hydrogen-bond acceptors (Lipinski definition) is 3. The molecule has 2 rings (SSSR count). The highest BCUT2D eigenvalue weighted by Gasteiger charge is 2.04. The zero-order chi connectivity index (χ0) is 12.3. The Labute approximate surface area is 99.7 Å². The third-order valence-electron chi connectivity index (χ3n) is 2.44. The summed E-state index contributed by atoms with van der Waals surface area (Å²) in [5.74, 6) is -0.481. The summed E-state index contributed by atoms with van der Waals surface area (Å²) in [6.45, 7) is 1.74. The first-order valence-corrected chi connectivity index (χ1v) is 5.45. The van der Waals surface area contributed by atoms with E-state index in [2.05, 4.69) is 15.0 Å². The molecule has 0 unspecified atom stereocenters. The summed E-state index contributed by atoms with van der Waals surface area (Å²) in [7, 11) is 4.03. The Morgan fingerprint density at radius 3 is 2.88 bits per heavy atom. The van der Waals surface area contributed by atoms with Crippen molar-refractivity contribution in [2.24, 2.45) is 0 Å². The number of pyridine rings is 1. The average Bonchev–Trinajstić information content (AvgIpc) is 2.75. The lowest BCUT2D eigenvalue weighted by atomic mass is 10.2. The van der Waals surface area contributed by atoms with Crippen molar-refractivity contribution in [3.05, 3.63) is 36.5 Å². The number of likely N-dealkylation sites (N-methyl/N-ethyl adjacent to an activating group) is 1. The highest BCUT2D eigenvalue weighted by molar-refractivity contribution is 5.57. The molecule has 0 saturated carbocycles. The molecular weight excluding hydrogens is 219 g/mol. The SMILES string of the molecule is CN(C)CCn1ccc(-c2ccnc(F)c2)n1. The molecule has 0 aliphatic carbocycles. The van der Waals surface area contributed by atoms with Gasteiger partial charge in [-0.15, -0.1) is 0 Å². The molecule has 0 bridgehead atoms. The van der Waals surface area contributed by atoms with Crippen molar-refractivity contribution >= 4 is 0 Å². The maximum atomic E-state index is 13.0. The highest BCUT2D eigenvalue weighted by atomic mass is 19.1. The van der Waals surface area contributed by atoms with E-state index in [9.17, 15) is 4.39 Å². The Bertz CT molecular complexity index is 493. The lowest BCUT2D eigenvalue weighted by molar-refractivity contribution is 0.373. The number of hydrogen-bond donors (Lipinski definition) is 0. The zero-order valence-corrected chi connectivity index (χ0v) is 9.97. The first-order chi connectivity index (χ1) is 8.15. The van der Waals surface area contributed by atoms with Crippen molar-refractivity contribution in [3.63, 3.8) is 0 Å². The van der Waals surface area contributed by atoms with Gasteiger partial charge in [0.25, 0.3) is 0 Å². The maximum Gasteiger partial charge on any atom is 0.213 e. The summed E-state index contributed by atoms with van der Waals surface area (Å²) < 4.78 is 14.8. The smallest absolute Gasteiger partial charge is 0.213 e. The Hall–Kier alpha value is -1.75. The second-order valence-electron chi connectivity index (χ2n) is 4.13. The molecule has 90 valence electrons. The minimum Gasteiger partial charge on any atom is -0.308 e. The number of rotatable bonds is 4. The van der Waals surface area contributed by atoms with Gasteiger partial charge < -0.3 is 4.90 Å². The maximum absolute atomic E-state index is 13.0. The molecule has 0 atom stereocenters. The Kier molecular flexibility index (Phi) is 3.49. The predicted molar refractivity (Wildman–Crippen MR) is 64.0 cm³/mol. The van der Waals surface area contributed by atoms with Crippen LogP contribution in [0.4, 0.5) is 4.39 Å². The molecule has 0 aromatic carbocycles. The number of aromatic nitrogens is 3. The molecule has 0 radical (unpaired) electrons. The molecule has 2 heterocycles. The van der Waals surface area contributed by atoms with Gasteiger partial charge in [-0.3, -0.25) is 4.68 Å². The molecule has 17 heavy (non-hydrogen) atoms. The van der Waals surface area contributed by atoms with Crippen molar-refractivity contribution < 1.29 is 4.39 Å². The van der Waals surface area contributed by atoms with Crippen LogP contribution in [0, 0.1) is 5.95 Å². The second kappa shape index (κ2) is 5.05. The van der Waals surface area contributed by atoms with E-state index in [1.54, 1.807) is 6.07 Å². The topological polar surface area (TPSA) is 34.0 Å². The van der Waals surface area contributed by atoms with E-state index < -0.39 is 5.95 Å². The lowest BCUT2D eigenvalue weighted by Crippen LogP contribution is -2.18. The zero-order valence-electron chi connectivity index (χ0n) is 9.97. The summed E-state index contributed by atoms with van der Waals surface area (Å²) in [6, 6.07) is 5.02. The quantitative estimate of drug-likeness (QED) is 0.754. The van der Waals surface area contributed by atoms with Crippen LogP contribution in [0.2, 0.25) is 0 Å². The van der Waals surface area contributed by atoms with E-state index >= 15 is 0 Å². The van der Waals surface area contributed by atoms with Gasteiger partial charge >= 0.3 is 0 Å². The minimum absolute atomic E-state index is 0.481. The molecule has 0 amide bonds. The third kappa shape index (κ3) is 3.10. The monoisotopic (exact) mass is 234 g/mol. The van der Waals surface area contributed by atoms with E-state index in [0.29, 0.717) is 0 Å². The van der Waals surface area contributed by atoms with E-state index in [4.69, 9.17) is 0 Å². The molecule has 5 heteroatoms. The highest BCUT2D eigenvalue weighted by Crippen LogP contribution is 2.16. The van der Waals surface area contributed by atoms with Gasteiger partial charge in [-0.2, -0.15) is 9.49 Å². The van der Waals surface area contributed by atoms with E-state index in [1.807, 2.05) is 31.0 Å². The standard InChI is InChI=1S/C12H15FN4/c1-16(2)7-8-17-6-4-11(15-17)10-3-5-14-12(13)9-10/h3-6,9H,7-8H2,1-2H3. The normalized spacial score (nSPS) is 11.1. The molecular formula is C12H15FN4. The van der Waals surface area contributed by atoms with Crippen molar-refractivity contribution in [3.8, 4) is 11.3 Å². The van der Waals surface area contributed by atoms with Gasteiger partial charge in [-0.25, -0.2) is 4.98 Å². The molecule has 2 aromatic heterocycles. The average molecular weight is 234 g/mol. The first kappa shape index (κ1) is 11.7. The van der Waals surface area contributed by atoms with Gasteiger partial charge in [0.1, 0.15) is 0 Å². The van der Waals surface area contributed by atoms with Crippen LogP contribution >= 0.6 is 0 Å². The molecule has 0 saturated heterocycles. The van der Waals surface area contributed by atoms with Gasteiger partial charge in [0.15, 0.2) is 0 Å². The first-order valence-electron chi connectivity index (χ1n) is 5.45. The molecule has 0 aliphatic rings. The van der Waals surface area contributed by atoms with Crippen LogP contribution in [0.1, 0.15) is 0 Å². The van der Waals surface area contributed by atoms with E-state index in [-0.39, 0.29) is 0 Å². The summed E-state index contributed by atoms with van der Waals surface area (Å²) >= 11 is 0. The number of nitrogens with zero attached hydrogens (tertiary/aromatic N) is 4. The van der Waals surface area contributed by atoms with E-state index in [1.165, 1.54) is 12.3 Å². The van der Waals surface area contributed by atoms with Crippen molar-refractivity contribution in [2.75, 3.05) is 20.6 Å². The second-order valence-corrected chi connectivity index (χ2v) is 4.13. The van der Waals surface area contributed by atoms with Crippen LogP contribution in [0.5, 0.6) is 0 Å². The Morgan fingerprint density at radius 1 is 1.35 bits per heavy atom. The third-order valence-corrected chi connectivity index (χ3v) is 2.44. The van der Waals surface area contributed by atoms with Gasteiger partial charge in [0, 0.05) is 30.6 Å². The molecule has 0 fully saturated rings. The summed E-state index contributed by atoms with van der Waals surface area (Å²) in [5, 5.41) is 4.39. The fourth-order valence-electron chi connectivity index (χ4n) is 1.50. The van der Waals surface area contributed by atoms with Crippen LogP contribution in [0.25, 0.3) is 11.3 Å². The van der Waals surface area contributed by atoms with E-state index in [0.717, 1.165) is 24.3 Å². The van der Waals surface area contributed by atoms with Gasteiger partial charge in [0.2, 0.25) is 5.95 Å². The lowest BCUT2D eigenvalue weighted by Gasteiger charge is -2.08. The Morgan fingerprint density at radius 2 is 2.18 bits per heavy atom. The predicted octanol–water partition coefficient (Wildman–Crippen LogP) is 1.65. The molecule has 4 nitrogen and oxygen atoms in total. The Balaban J connectivity index is 2.12. The van der Waals surface area contributed by atoms with Crippen LogP contribution in [-0.2, 0) is 6.54 Å². The fourth-order valence-corrected chi connectivity index (χ4v) is 1.50. The molecule has 0 N–H and O–H groups in total. The van der Waals surface area contributed by atoms with Gasteiger partial charge in [-0.05, 0) is 26.2 Å². The van der Waals surface area contributed by atoms with Crippen molar-refractivity contribution in [1.82, 2.24) is 19.7 Å². The fraction of sp³-hybridized carbons (Fsp3) is 0.333. The molecule has 0 aliphatic heterocycles. The van der Waals surface area contributed by atoms with Gasteiger partial charge in [-0.1, -0.05) is 0 Å².